The van der Waals surface area contributed by atoms with Crippen LogP contribution in [-0.4, -0.2) is 21.9 Å². The first kappa shape index (κ1) is 22.1. The quantitative estimate of drug-likeness (QED) is 0.428. The van der Waals surface area contributed by atoms with Crippen molar-refractivity contribution < 1.29 is 22.7 Å². The second-order valence-electron chi connectivity index (χ2n) is 7.71. The second-order valence-corrected chi connectivity index (χ2v) is 9.86. The summed E-state index contributed by atoms with van der Waals surface area (Å²) in [6.07, 6.45) is -2.77. The van der Waals surface area contributed by atoms with Crippen LogP contribution in [-0.2, 0) is 28.7 Å². The Morgan fingerprint density at radius 1 is 1.16 bits per heavy atom. The summed E-state index contributed by atoms with van der Waals surface area (Å²) in [6, 6.07) is 4.97. The van der Waals surface area contributed by atoms with Crippen molar-refractivity contribution in [2.24, 2.45) is 5.92 Å². The molecule has 1 aliphatic rings. The number of rotatable bonds is 7. The maximum Gasteiger partial charge on any atom is 0.416 e. The predicted molar refractivity (Wildman–Crippen MR) is 114 cm³/mol. The van der Waals surface area contributed by atoms with E-state index in [0.29, 0.717) is 24.8 Å². The van der Waals surface area contributed by atoms with Crippen LogP contribution in [0.4, 0.5) is 13.2 Å². The Bertz CT molecular complexity index is 1070. The largest absolute Gasteiger partial charge is 0.416 e. The zero-order valence-corrected chi connectivity index (χ0v) is 18.7. The van der Waals surface area contributed by atoms with Crippen molar-refractivity contribution in [1.29, 1.82) is 0 Å². The molecule has 31 heavy (non-hydrogen) atoms. The predicted octanol–water partition coefficient (Wildman–Crippen LogP) is 6.01. The van der Waals surface area contributed by atoms with Gasteiger partial charge in [0.1, 0.15) is 10.8 Å². The summed E-state index contributed by atoms with van der Waals surface area (Å²) in [4.78, 5) is 22.6. The van der Waals surface area contributed by atoms with Gasteiger partial charge in [0.15, 0.2) is 0 Å². The fraction of sp³-hybridized carbons (Fsp3) is 0.409. The molecule has 2 aromatic heterocycles. The monoisotopic (exact) mass is 466 g/mol. The van der Waals surface area contributed by atoms with Crippen LogP contribution in [0.1, 0.15) is 39.7 Å². The molecule has 4 nitrogen and oxygen atoms in total. The first-order valence-electron chi connectivity index (χ1n) is 9.88. The number of thiazole rings is 2. The number of aromatic nitrogens is 2. The van der Waals surface area contributed by atoms with E-state index in [4.69, 9.17) is 4.74 Å². The van der Waals surface area contributed by atoms with E-state index in [1.165, 1.54) is 23.5 Å². The van der Waals surface area contributed by atoms with Gasteiger partial charge in [0.25, 0.3) is 0 Å². The number of ether oxygens (including phenoxy) is 1. The fourth-order valence-electron chi connectivity index (χ4n) is 3.53. The molecule has 0 unspecified atom stereocenters. The molecule has 1 saturated carbocycles. The first-order valence-corrected chi connectivity index (χ1v) is 11.6. The number of ketones is 1. The van der Waals surface area contributed by atoms with E-state index in [9.17, 15) is 18.0 Å². The lowest BCUT2D eigenvalue weighted by Gasteiger charge is -2.34. The number of nitrogens with zero attached hydrogens (tertiary/aromatic N) is 2. The van der Waals surface area contributed by atoms with Gasteiger partial charge in [-0.05, 0) is 44.4 Å². The van der Waals surface area contributed by atoms with Crippen LogP contribution in [0.5, 0.6) is 0 Å². The molecule has 9 heteroatoms. The van der Waals surface area contributed by atoms with E-state index >= 15 is 0 Å². The van der Waals surface area contributed by atoms with E-state index in [2.05, 4.69) is 9.97 Å². The number of aryl methyl sites for hydroxylation is 2. The Labute approximate surface area is 186 Å². The van der Waals surface area contributed by atoms with E-state index in [1.807, 2.05) is 19.2 Å². The summed E-state index contributed by atoms with van der Waals surface area (Å²) < 4.78 is 43.6. The van der Waals surface area contributed by atoms with Crippen LogP contribution in [0.2, 0.25) is 0 Å². The van der Waals surface area contributed by atoms with Crippen LogP contribution >= 0.6 is 22.7 Å². The lowest BCUT2D eigenvalue weighted by molar-refractivity contribution is -0.137. The number of hydrogen-bond acceptors (Lipinski definition) is 6. The van der Waals surface area contributed by atoms with Gasteiger partial charge < -0.3 is 4.74 Å². The summed E-state index contributed by atoms with van der Waals surface area (Å²) in [5, 5.41) is 3.77. The van der Waals surface area contributed by atoms with Crippen molar-refractivity contribution in [2.45, 2.75) is 52.0 Å². The molecular formula is C22H21F3N2O2S2. The molecule has 0 saturated heterocycles. The molecule has 4 rings (SSSR count). The SMILES string of the molecule is Cc1nc(C)c(-c2csc(CC(=O)C3CC(OCc4ccc(C(F)(F)F)cc4)C3)n2)s1. The highest BCUT2D eigenvalue weighted by Gasteiger charge is 2.35. The highest BCUT2D eigenvalue weighted by Crippen LogP contribution is 2.35. The number of hydrogen-bond donors (Lipinski definition) is 0. The molecule has 164 valence electrons. The highest BCUT2D eigenvalue weighted by molar-refractivity contribution is 7.16. The molecule has 1 aliphatic carbocycles. The molecule has 0 spiro atoms. The van der Waals surface area contributed by atoms with Gasteiger partial charge in [-0.3, -0.25) is 4.79 Å². The first-order chi connectivity index (χ1) is 14.7. The van der Waals surface area contributed by atoms with Gasteiger partial charge >= 0.3 is 6.18 Å². The molecule has 0 radical (unpaired) electrons. The van der Waals surface area contributed by atoms with Crippen LogP contribution in [0.25, 0.3) is 10.6 Å². The van der Waals surface area contributed by atoms with Crippen LogP contribution in [0.15, 0.2) is 29.6 Å². The number of alkyl halides is 3. The summed E-state index contributed by atoms with van der Waals surface area (Å²) in [6.45, 7) is 4.17. The Balaban J connectivity index is 1.23. The van der Waals surface area contributed by atoms with Crippen molar-refractivity contribution in [3.05, 3.63) is 56.5 Å². The topological polar surface area (TPSA) is 52.1 Å². The van der Waals surface area contributed by atoms with Gasteiger partial charge in [-0.15, -0.1) is 22.7 Å². The van der Waals surface area contributed by atoms with Gasteiger partial charge in [0.2, 0.25) is 0 Å². The maximum atomic E-state index is 12.6. The second kappa shape index (κ2) is 8.80. The van der Waals surface area contributed by atoms with Crippen LogP contribution in [0.3, 0.4) is 0 Å². The third-order valence-electron chi connectivity index (χ3n) is 5.33. The minimum absolute atomic E-state index is 0.0362. The third kappa shape index (κ3) is 5.22. The van der Waals surface area contributed by atoms with Crippen molar-refractivity contribution in [3.63, 3.8) is 0 Å². The number of carbonyl (C=O) groups excluding carboxylic acids is 1. The molecule has 3 aromatic rings. The number of benzene rings is 1. The zero-order valence-electron chi connectivity index (χ0n) is 17.0. The Morgan fingerprint density at radius 2 is 1.87 bits per heavy atom. The molecule has 0 aliphatic heterocycles. The summed E-state index contributed by atoms with van der Waals surface area (Å²) in [5.74, 6) is 0.116. The summed E-state index contributed by atoms with van der Waals surface area (Å²) in [7, 11) is 0. The molecule has 1 fully saturated rings. The molecule has 1 aromatic carbocycles. The number of halogens is 3. The zero-order chi connectivity index (χ0) is 22.2. The van der Waals surface area contributed by atoms with E-state index in [0.717, 1.165) is 38.4 Å². The number of Topliss-reactive ketones (excluding diaryl/α,β-unsaturated/α-hetero) is 1. The lowest BCUT2D eigenvalue weighted by Crippen LogP contribution is -2.37. The van der Waals surface area contributed by atoms with Gasteiger partial charge in [0, 0.05) is 11.3 Å². The summed E-state index contributed by atoms with van der Waals surface area (Å²) >= 11 is 3.09. The smallest absolute Gasteiger partial charge is 0.373 e. The standard InChI is InChI=1S/C22H21F3N2O2S2/c1-12-21(31-13(2)26-12)18-11-30-20(27-18)9-19(28)15-7-17(8-15)29-10-14-3-5-16(6-4-14)22(23,24)25/h3-6,11,15,17H,7-10H2,1-2H3. The molecule has 0 N–H and O–H groups in total. The molecule has 0 atom stereocenters. The Kier molecular flexibility index (Phi) is 6.27. The average Bonchev–Trinajstić information content (AvgIpc) is 3.25. The van der Waals surface area contributed by atoms with Gasteiger partial charge in [-0.25, -0.2) is 9.97 Å². The van der Waals surface area contributed by atoms with Gasteiger partial charge in [0.05, 0.1) is 46.0 Å². The van der Waals surface area contributed by atoms with Crippen molar-refractivity contribution in [3.8, 4) is 10.6 Å². The third-order valence-corrected chi connectivity index (χ3v) is 7.27. The fourth-order valence-corrected chi connectivity index (χ4v) is 5.28. The van der Waals surface area contributed by atoms with Gasteiger partial charge in [-0.2, -0.15) is 13.2 Å². The maximum absolute atomic E-state index is 12.6. The van der Waals surface area contributed by atoms with Crippen LogP contribution < -0.4 is 0 Å². The molecule has 2 heterocycles. The number of carbonyl (C=O) groups is 1. The Hall–Kier alpha value is -2.10. The van der Waals surface area contributed by atoms with Crippen molar-refractivity contribution in [2.75, 3.05) is 0 Å². The van der Waals surface area contributed by atoms with E-state index in [-0.39, 0.29) is 24.4 Å². The van der Waals surface area contributed by atoms with Gasteiger partial charge in [-0.1, -0.05) is 12.1 Å². The highest BCUT2D eigenvalue weighted by atomic mass is 32.1. The van der Waals surface area contributed by atoms with Crippen molar-refractivity contribution in [1.82, 2.24) is 9.97 Å². The Morgan fingerprint density at radius 3 is 2.48 bits per heavy atom. The van der Waals surface area contributed by atoms with E-state index < -0.39 is 11.7 Å². The molecule has 0 bridgehead atoms. The normalized spacial score (nSPS) is 18.7. The molecule has 0 amide bonds. The molecular weight excluding hydrogens is 445 g/mol. The summed E-state index contributed by atoms with van der Waals surface area (Å²) in [5.41, 5.74) is 1.85. The minimum atomic E-state index is -4.34. The van der Waals surface area contributed by atoms with Crippen LogP contribution in [0, 0.1) is 19.8 Å². The van der Waals surface area contributed by atoms with E-state index in [1.54, 1.807) is 11.3 Å². The average molecular weight is 467 g/mol. The van der Waals surface area contributed by atoms with Crippen molar-refractivity contribution >= 4 is 28.5 Å². The minimum Gasteiger partial charge on any atom is -0.373 e. The lowest BCUT2D eigenvalue weighted by atomic mass is 9.78.